The summed E-state index contributed by atoms with van der Waals surface area (Å²) in [6.07, 6.45) is -2.71. The molecule has 0 saturated heterocycles. The molecule has 1 aromatic carbocycles. The van der Waals surface area contributed by atoms with E-state index < -0.39 is 23.8 Å². The minimum atomic E-state index is -4.44. The predicted molar refractivity (Wildman–Crippen MR) is 70.2 cm³/mol. The zero-order chi connectivity index (χ0) is 15.5. The van der Waals surface area contributed by atoms with Crippen molar-refractivity contribution in [1.29, 1.82) is 0 Å². The van der Waals surface area contributed by atoms with Crippen molar-refractivity contribution in [3.8, 4) is 0 Å². The highest BCUT2D eigenvalue weighted by molar-refractivity contribution is 5.30. The molecule has 0 spiro atoms. The van der Waals surface area contributed by atoms with Crippen molar-refractivity contribution in [2.75, 3.05) is 6.54 Å². The Balaban J connectivity index is 2.34. The van der Waals surface area contributed by atoms with Gasteiger partial charge in [0.2, 0.25) is 0 Å². The zero-order valence-electron chi connectivity index (χ0n) is 11.0. The largest absolute Gasteiger partial charge is 0.416 e. The van der Waals surface area contributed by atoms with Crippen LogP contribution in [0.3, 0.4) is 0 Å². The second kappa shape index (κ2) is 6.19. The third-order valence-corrected chi connectivity index (χ3v) is 3.13. The Morgan fingerprint density at radius 2 is 1.81 bits per heavy atom. The fraction of sp³-hybridized carbons (Fsp3) is 0.286. The molecule has 3 N–H and O–H groups in total. The van der Waals surface area contributed by atoms with Gasteiger partial charge >= 0.3 is 6.18 Å². The average Bonchev–Trinajstić information content (AvgIpc) is 2.48. The molecule has 2 unspecified atom stereocenters. The van der Waals surface area contributed by atoms with Crippen molar-refractivity contribution < 1.29 is 18.3 Å². The Kier molecular flexibility index (Phi) is 4.54. The van der Waals surface area contributed by atoms with Crippen molar-refractivity contribution >= 4 is 0 Å². The third kappa shape index (κ3) is 3.56. The van der Waals surface area contributed by atoms with Gasteiger partial charge in [-0.3, -0.25) is 0 Å². The van der Waals surface area contributed by atoms with Gasteiger partial charge in [0.1, 0.15) is 6.10 Å². The van der Waals surface area contributed by atoms with Crippen LogP contribution in [0.25, 0.3) is 0 Å². The van der Waals surface area contributed by atoms with E-state index in [2.05, 4.69) is 9.97 Å². The van der Waals surface area contributed by atoms with Gasteiger partial charge < -0.3 is 10.8 Å². The molecule has 0 aliphatic heterocycles. The highest BCUT2D eigenvalue weighted by Gasteiger charge is 2.32. The number of aromatic nitrogens is 2. The van der Waals surface area contributed by atoms with E-state index in [1.54, 1.807) is 6.07 Å². The van der Waals surface area contributed by atoms with Crippen LogP contribution >= 0.6 is 0 Å². The fourth-order valence-corrected chi connectivity index (χ4v) is 2.04. The summed E-state index contributed by atoms with van der Waals surface area (Å²) in [5, 5.41) is 10.2. The Morgan fingerprint density at radius 3 is 2.38 bits per heavy atom. The first-order chi connectivity index (χ1) is 9.93. The summed E-state index contributed by atoms with van der Waals surface area (Å²) in [7, 11) is 0. The van der Waals surface area contributed by atoms with Crippen molar-refractivity contribution in [3.63, 3.8) is 0 Å². The van der Waals surface area contributed by atoms with Crippen LogP contribution in [-0.2, 0) is 6.18 Å². The lowest BCUT2D eigenvalue weighted by Gasteiger charge is -2.21. The molecule has 0 fully saturated rings. The monoisotopic (exact) mass is 297 g/mol. The van der Waals surface area contributed by atoms with Crippen LogP contribution in [0.4, 0.5) is 13.2 Å². The topological polar surface area (TPSA) is 72.0 Å². The minimum Gasteiger partial charge on any atom is -0.384 e. The first-order valence-electron chi connectivity index (χ1n) is 6.25. The highest BCUT2D eigenvalue weighted by atomic mass is 19.4. The SMILES string of the molecule is NCC(c1cccc(C(F)(F)F)c1)C(O)c1ncccn1. The lowest BCUT2D eigenvalue weighted by Crippen LogP contribution is -2.22. The standard InChI is InChI=1S/C14H14F3N3O/c15-14(16,17)10-4-1-3-9(7-10)11(8-18)12(21)13-19-5-2-6-20-13/h1-7,11-12,21H,8,18H2. The van der Waals surface area contributed by atoms with Gasteiger partial charge in [-0.05, 0) is 17.7 Å². The second-order valence-electron chi connectivity index (χ2n) is 4.52. The molecule has 2 atom stereocenters. The summed E-state index contributed by atoms with van der Waals surface area (Å²) in [6.45, 7) is -0.0271. The molecule has 1 heterocycles. The molecule has 7 heteroatoms. The van der Waals surface area contributed by atoms with E-state index in [0.29, 0.717) is 5.56 Å². The molecular formula is C14H14F3N3O. The summed E-state index contributed by atoms with van der Waals surface area (Å²) in [4.78, 5) is 7.81. The van der Waals surface area contributed by atoms with Crippen LogP contribution in [0.5, 0.6) is 0 Å². The van der Waals surface area contributed by atoms with E-state index in [0.717, 1.165) is 12.1 Å². The van der Waals surface area contributed by atoms with E-state index in [1.165, 1.54) is 24.5 Å². The first-order valence-corrected chi connectivity index (χ1v) is 6.25. The van der Waals surface area contributed by atoms with Crippen LogP contribution in [0.2, 0.25) is 0 Å². The summed E-state index contributed by atoms with van der Waals surface area (Å²) < 4.78 is 38.2. The number of hydrogen-bond donors (Lipinski definition) is 2. The normalized spacial score (nSPS) is 14.7. The molecule has 0 radical (unpaired) electrons. The Labute approximate surface area is 119 Å². The highest BCUT2D eigenvalue weighted by Crippen LogP contribution is 2.34. The van der Waals surface area contributed by atoms with Crippen molar-refractivity contribution in [1.82, 2.24) is 9.97 Å². The Bertz CT molecular complexity index is 590. The maximum atomic E-state index is 12.7. The predicted octanol–water partition coefficient (Wildman–Crippen LogP) is 2.27. The van der Waals surface area contributed by atoms with E-state index in [9.17, 15) is 18.3 Å². The lowest BCUT2D eigenvalue weighted by atomic mass is 9.91. The van der Waals surface area contributed by atoms with Crippen LogP contribution < -0.4 is 5.73 Å². The van der Waals surface area contributed by atoms with E-state index in [1.807, 2.05) is 0 Å². The molecule has 0 aliphatic rings. The number of aliphatic hydroxyl groups excluding tert-OH is 1. The first kappa shape index (κ1) is 15.4. The molecule has 21 heavy (non-hydrogen) atoms. The Morgan fingerprint density at radius 1 is 1.14 bits per heavy atom. The zero-order valence-corrected chi connectivity index (χ0v) is 11.0. The van der Waals surface area contributed by atoms with Crippen LogP contribution in [-0.4, -0.2) is 21.6 Å². The number of halogens is 3. The number of nitrogens with two attached hydrogens (primary N) is 1. The molecule has 2 rings (SSSR count). The summed E-state index contributed by atoms with van der Waals surface area (Å²) in [5.74, 6) is -0.583. The number of benzene rings is 1. The molecule has 0 aliphatic carbocycles. The molecule has 1 aromatic heterocycles. The van der Waals surface area contributed by atoms with Gasteiger partial charge in [-0.25, -0.2) is 9.97 Å². The number of rotatable bonds is 4. The quantitative estimate of drug-likeness (QED) is 0.908. The van der Waals surface area contributed by atoms with Gasteiger partial charge in [0, 0.05) is 24.9 Å². The van der Waals surface area contributed by atoms with E-state index >= 15 is 0 Å². The van der Waals surface area contributed by atoms with E-state index in [4.69, 9.17) is 5.73 Å². The van der Waals surface area contributed by atoms with Crippen LogP contribution in [0, 0.1) is 0 Å². The van der Waals surface area contributed by atoms with E-state index in [-0.39, 0.29) is 12.4 Å². The van der Waals surface area contributed by atoms with Gasteiger partial charge in [0.25, 0.3) is 0 Å². The number of aliphatic hydroxyl groups is 1. The molecule has 0 amide bonds. The molecule has 0 bridgehead atoms. The molecule has 0 saturated carbocycles. The van der Waals surface area contributed by atoms with Gasteiger partial charge in [-0.2, -0.15) is 13.2 Å². The average molecular weight is 297 g/mol. The van der Waals surface area contributed by atoms with Crippen LogP contribution in [0.15, 0.2) is 42.7 Å². The second-order valence-corrected chi connectivity index (χ2v) is 4.52. The van der Waals surface area contributed by atoms with Crippen molar-refractivity contribution in [3.05, 3.63) is 59.7 Å². The summed E-state index contributed by atoms with van der Waals surface area (Å²) in [5.41, 5.74) is 5.13. The van der Waals surface area contributed by atoms with Gasteiger partial charge in [0.05, 0.1) is 5.56 Å². The third-order valence-electron chi connectivity index (χ3n) is 3.13. The molecule has 4 nitrogen and oxygen atoms in total. The van der Waals surface area contributed by atoms with Crippen molar-refractivity contribution in [2.45, 2.75) is 18.2 Å². The number of nitrogens with zero attached hydrogens (tertiary/aromatic N) is 2. The van der Waals surface area contributed by atoms with Gasteiger partial charge in [-0.1, -0.05) is 18.2 Å². The lowest BCUT2D eigenvalue weighted by molar-refractivity contribution is -0.137. The molecule has 2 aromatic rings. The maximum Gasteiger partial charge on any atom is 0.416 e. The number of alkyl halides is 3. The van der Waals surface area contributed by atoms with Gasteiger partial charge in [0.15, 0.2) is 5.82 Å². The van der Waals surface area contributed by atoms with Crippen LogP contribution in [0.1, 0.15) is 29.0 Å². The Hall–Kier alpha value is -1.99. The summed E-state index contributed by atoms with van der Waals surface area (Å²) in [6, 6.07) is 6.34. The van der Waals surface area contributed by atoms with Gasteiger partial charge in [-0.15, -0.1) is 0 Å². The molecular weight excluding hydrogens is 283 g/mol. The minimum absolute atomic E-state index is 0.0271. The number of hydrogen-bond acceptors (Lipinski definition) is 4. The van der Waals surface area contributed by atoms with Crippen molar-refractivity contribution in [2.24, 2.45) is 5.73 Å². The fourth-order valence-electron chi connectivity index (χ4n) is 2.04. The summed E-state index contributed by atoms with van der Waals surface area (Å²) >= 11 is 0. The smallest absolute Gasteiger partial charge is 0.384 e. The maximum absolute atomic E-state index is 12.7. The molecule has 112 valence electrons.